The summed E-state index contributed by atoms with van der Waals surface area (Å²) in [6.07, 6.45) is 0.912. The number of carbonyl (C=O) groups excluding carboxylic acids is 1. The average Bonchev–Trinajstić information content (AvgIpc) is 2.65. The van der Waals surface area contributed by atoms with E-state index in [2.05, 4.69) is 11.8 Å². The molecule has 78 valence electrons. The molecule has 2 nitrogen and oxygen atoms in total. The first-order chi connectivity index (χ1) is 6.65. The van der Waals surface area contributed by atoms with Crippen LogP contribution in [0.3, 0.4) is 0 Å². The first kappa shape index (κ1) is 11.4. The molecule has 0 aliphatic rings. The van der Waals surface area contributed by atoms with Crippen LogP contribution in [0.25, 0.3) is 0 Å². The van der Waals surface area contributed by atoms with E-state index in [1.807, 2.05) is 31.6 Å². The molecule has 1 heterocycles. The number of Topliss-reactive ketones (excluding diaryl/α,β-unsaturated/α-hetero) is 1. The van der Waals surface area contributed by atoms with Gasteiger partial charge in [0.25, 0.3) is 0 Å². The fraction of sp³-hybridized carbons (Fsp3) is 0.545. The molecule has 1 aromatic rings. The third-order valence-corrected chi connectivity index (χ3v) is 3.10. The number of thiophene rings is 1. The quantitative estimate of drug-likeness (QED) is 0.697. The van der Waals surface area contributed by atoms with Gasteiger partial charge in [-0.2, -0.15) is 0 Å². The highest BCUT2D eigenvalue weighted by Gasteiger charge is 2.19. The Morgan fingerprint density at radius 3 is 2.71 bits per heavy atom. The highest BCUT2D eigenvalue weighted by Crippen LogP contribution is 2.17. The fourth-order valence-corrected chi connectivity index (χ4v) is 2.20. The fourth-order valence-electron chi connectivity index (χ4n) is 1.46. The summed E-state index contributed by atoms with van der Waals surface area (Å²) in [5, 5.41) is 1.95. The SMILES string of the molecule is CCC(CN(C)C)C(=O)c1cccs1. The van der Waals surface area contributed by atoms with Gasteiger partial charge in [-0.15, -0.1) is 11.3 Å². The number of rotatable bonds is 5. The van der Waals surface area contributed by atoms with Crippen LogP contribution in [0.15, 0.2) is 17.5 Å². The maximum Gasteiger partial charge on any atom is 0.177 e. The summed E-state index contributed by atoms with van der Waals surface area (Å²) in [6, 6.07) is 3.84. The third-order valence-electron chi connectivity index (χ3n) is 2.21. The van der Waals surface area contributed by atoms with Crippen molar-refractivity contribution in [3.8, 4) is 0 Å². The molecule has 1 unspecified atom stereocenters. The minimum absolute atomic E-state index is 0.142. The van der Waals surface area contributed by atoms with Gasteiger partial charge in [0.2, 0.25) is 0 Å². The molecule has 0 bridgehead atoms. The van der Waals surface area contributed by atoms with Gasteiger partial charge in [0, 0.05) is 12.5 Å². The average molecular weight is 211 g/mol. The first-order valence-corrected chi connectivity index (χ1v) is 5.75. The van der Waals surface area contributed by atoms with Crippen molar-refractivity contribution in [2.45, 2.75) is 13.3 Å². The molecule has 0 N–H and O–H groups in total. The van der Waals surface area contributed by atoms with Crippen molar-refractivity contribution in [1.29, 1.82) is 0 Å². The molecule has 0 fully saturated rings. The molecule has 0 amide bonds. The van der Waals surface area contributed by atoms with E-state index in [0.29, 0.717) is 0 Å². The van der Waals surface area contributed by atoms with Crippen LogP contribution in [0.5, 0.6) is 0 Å². The lowest BCUT2D eigenvalue weighted by atomic mass is 9.99. The summed E-state index contributed by atoms with van der Waals surface area (Å²) in [7, 11) is 4.01. The molecule has 0 spiro atoms. The van der Waals surface area contributed by atoms with Gasteiger partial charge in [-0.05, 0) is 32.0 Å². The molecule has 0 radical (unpaired) electrons. The molecule has 1 aromatic heterocycles. The van der Waals surface area contributed by atoms with E-state index < -0.39 is 0 Å². The number of carbonyl (C=O) groups is 1. The summed E-state index contributed by atoms with van der Waals surface area (Å²) in [5.41, 5.74) is 0. The minimum Gasteiger partial charge on any atom is -0.309 e. The zero-order valence-electron chi connectivity index (χ0n) is 8.99. The molecule has 1 rings (SSSR count). The molecular formula is C11H17NOS. The molecule has 1 atom stereocenters. The molecule has 3 heteroatoms. The topological polar surface area (TPSA) is 20.3 Å². The van der Waals surface area contributed by atoms with E-state index in [1.165, 1.54) is 11.3 Å². The van der Waals surface area contributed by atoms with E-state index in [-0.39, 0.29) is 11.7 Å². The molecule has 0 aromatic carbocycles. The van der Waals surface area contributed by atoms with Crippen LogP contribution >= 0.6 is 11.3 Å². The van der Waals surface area contributed by atoms with Gasteiger partial charge < -0.3 is 4.90 Å². The Kier molecular flexibility index (Phi) is 4.29. The summed E-state index contributed by atoms with van der Waals surface area (Å²) in [4.78, 5) is 14.9. The van der Waals surface area contributed by atoms with E-state index in [0.717, 1.165) is 17.8 Å². The maximum absolute atomic E-state index is 12.0. The molecule has 0 saturated heterocycles. The van der Waals surface area contributed by atoms with Gasteiger partial charge in [-0.25, -0.2) is 0 Å². The van der Waals surface area contributed by atoms with Crippen molar-refractivity contribution >= 4 is 17.1 Å². The van der Waals surface area contributed by atoms with Crippen LogP contribution in [0.4, 0.5) is 0 Å². The second-order valence-electron chi connectivity index (χ2n) is 3.71. The Morgan fingerprint density at radius 2 is 2.29 bits per heavy atom. The first-order valence-electron chi connectivity index (χ1n) is 4.87. The van der Waals surface area contributed by atoms with Gasteiger partial charge in [-0.1, -0.05) is 13.0 Å². The van der Waals surface area contributed by atoms with Gasteiger partial charge in [0.05, 0.1) is 4.88 Å². The van der Waals surface area contributed by atoms with Crippen LogP contribution in [0, 0.1) is 5.92 Å². The van der Waals surface area contributed by atoms with Crippen molar-refractivity contribution in [2.75, 3.05) is 20.6 Å². The largest absolute Gasteiger partial charge is 0.309 e. The maximum atomic E-state index is 12.0. The monoisotopic (exact) mass is 211 g/mol. The predicted octanol–water partition coefficient (Wildman–Crippen LogP) is 2.52. The van der Waals surface area contributed by atoms with Crippen molar-refractivity contribution < 1.29 is 4.79 Å². The zero-order chi connectivity index (χ0) is 10.6. The van der Waals surface area contributed by atoms with E-state index in [9.17, 15) is 4.79 Å². The second-order valence-corrected chi connectivity index (χ2v) is 4.66. The minimum atomic E-state index is 0.142. The van der Waals surface area contributed by atoms with Crippen molar-refractivity contribution in [1.82, 2.24) is 4.90 Å². The summed E-state index contributed by atoms with van der Waals surface area (Å²) < 4.78 is 0. The van der Waals surface area contributed by atoms with Gasteiger partial charge in [0.15, 0.2) is 5.78 Å². The molecule has 0 aliphatic carbocycles. The smallest absolute Gasteiger partial charge is 0.177 e. The van der Waals surface area contributed by atoms with Gasteiger partial charge >= 0.3 is 0 Å². The molecule has 14 heavy (non-hydrogen) atoms. The lowest BCUT2D eigenvalue weighted by molar-refractivity contribution is 0.0898. The van der Waals surface area contributed by atoms with Crippen molar-refractivity contribution in [3.05, 3.63) is 22.4 Å². The Labute approximate surface area is 89.5 Å². The van der Waals surface area contributed by atoms with Crippen LogP contribution in [-0.2, 0) is 0 Å². The number of ketones is 1. The standard InChI is InChI=1S/C11H17NOS/c1-4-9(8-12(2)3)11(13)10-6-5-7-14-10/h5-7,9H,4,8H2,1-3H3. The summed E-state index contributed by atoms with van der Waals surface area (Å²) >= 11 is 1.53. The Morgan fingerprint density at radius 1 is 1.57 bits per heavy atom. The number of nitrogens with zero attached hydrogens (tertiary/aromatic N) is 1. The zero-order valence-corrected chi connectivity index (χ0v) is 9.80. The highest BCUT2D eigenvalue weighted by molar-refractivity contribution is 7.12. The van der Waals surface area contributed by atoms with Crippen LogP contribution in [0.2, 0.25) is 0 Å². The molecule has 0 saturated carbocycles. The van der Waals surface area contributed by atoms with Crippen LogP contribution in [0.1, 0.15) is 23.0 Å². The lowest BCUT2D eigenvalue weighted by Gasteiger charge is -2.17. The normalized spacial score (nSPS) is 13.1. The van der Waals surface area contributed by atoms with Crippen LogP contribution in [-0.4, -0.2) is 31.3 Å². The van der Waals surface area contributed by atoms with Gasteiger partial charge in [0.1, 0.15) is 0 Å². The summed E-state index contributed by atoms with van der Waals surface area (Å²) in [6.45, 7) is 2.91. The Bertz CT molecular complexity index is 279. The summed E-state index contributed by atoms with van der Waals surface area (Å²) in [5.74, 6) is 0.430. The lowest BCUT2D eigenvalue weighted by Crippen LogP contribution is -2.27. The van der Waals surface area contributed by atoms with Crippen molar-refractivity contribution in [2.24, 2.45) is 5.92 Å². The number of hydrogen-bond acceptors (Lipinski definition) is 3. The van der Waals surface area contributed by atoms with E-state index in [4.69, 9.17) is 0 Å². The van der Waals surface area contributed by atoms with Gasteiger partial charge in [-0.3, -0.25) is 4.79 Å². The Hall–Kier alpha value is -0.670. The van der Waals surface area contributed by atoms with Crippen molar-refractivity contribution in [3.63, 3.8) is 0 Å². The Balaban J connectivity index is 2.66. The predicted molar refractivity (Wildman–Crippen MR) is 61.0 cm³/mol. The van der Waals surface area contributed by atoms with Crippen LogP contribution < -0.4 is 0 Å². The van der Waals surface area contributed by atoms with E-state index >= 15 is 0 Å². The molecule has 0 aliphatic heterocycles. The third kappa shape index (κ3) is 2.93. The highest BCUT2D eigenvalue weighted by atomic mass is 32.1. The molecular weight excluding hydrogens is 194 g/mol. The number of hydrogen-bond donors (Lipinski definition) is 0. The van der Waals surface area contributed by atoms with E-state index in [1.54, 1.807) is 0 Å². The second kappa shape index (κ2) is 5.27.